The lowest BCUT2D eigenvalue weighted by molar-refractivity contribution is -0.142. The van der Waals surface area contributed by atoms with E-state index in [1.54, 1.807) is 12.1 Å². The van der Waals surface area contributed by atoms with Crippen LogP contribution in [0.3, 0.4) is 0 Å². The zero-order valence-electron chi connectivity index (χ0n) is 18.9. The Balaban J connectivity index is 1.83. The Morgan fingerprint density at radius 2 is 1.62 bits per heavy atom. The monoisotopic (exact) mass is 461 g/mol. The summed E-state index contributed by atoms with van der Waals surface area (Å²) in [4.78, 5) is 24.2. The molecule has 0 aliphatic heterocycles. The summed E-state index contributed by atoms with van der Waals surface area (Å²) < 4.78 is 32.4. The Labute approximate surface area is 189 Å². The van der Waals surface area contributed by atoms with Crippen molar-refractivity contribution in [2.24, 2.45) is 0 Å². The van der Waals surface area contributed by atoms with Crippen molar-refractivity contribution in [3.63, 3.8) is 0 Å². The molecular weight excluding hydrogens is 430 g/mol. The second-order valence-electron chi connectivity index (χ2n) is 7.71. The van der Waals surface area contributed by atoms with Gasteiger partial charge in [-0.05, 0) is 63.8 Å². The second-order valence-corrected chi connectivity index (χ2v) is 9.42. The highest BCUT2D eigenvalue weighted by Gasteiger charge is 2.26. The van der Waals surface area contributed by atoms with Gasteiger partial charge >= 0.3 is 12.0 Å². The minimum absolute atomic E-state index is 0.0849. The molecule has 174 valence electrons. The lowest BCUT2D eigenvalue weighted by Gasteiger charge is -2.17. The van der Waals surface area contributed by atoms with Crippen molar-refractivity contribution in [1.29, 1.82) is 0 Å². The van der Waals surface area contributed by atoms with Crippen LogP contribution in [0.1, 0.15) is 36.0 Å². The maximum absolute atomic E-state index is 12.6. The van der Waals surface area contributed by atoms with Gasteiger partial charge in [-0.2, -0.15) is 4.72 Å². The average Bonchev–Trinajstić information content (AvgIpc) is 2.74. The van der Waals surface area contributed by atoms with Crippen LogP contribution in [-0.4, -0.2) is 40.1 Å². The van der Waals surface area contributed by atoms with E-state index in [2.05, 4.69) is 15.4 Å². The van der Waals surface area contributed by atoms with Gasteiger partial charge in [-0.1, -0.05) is 35.4 Å². The first-order valence-electron chi connectivity index (χ1n) is 10.4. The van der Waals surface area contributed by atoms with Crippen molar-refractivity contribution in [3.8, 4) is 0 Å². The van der Waals surface area contributed by atoms with Crippen LogP contribution in [0.4, 0.5) is 10.5 Å². The highest BCUT2D eigenvalue weighted by molar-refractivity contribution is 7.89. The maximum atomic E-state index is 12.6. The number of aryl methyl sites for hydroxylation is 3. The van der Waals surface area contributed by atoms with E-state index in [0.717, 1.165) is 22.4 Å². The van der Waals surface area contributed by atoms with Gasteiger partial charge in [0, 0.05) is 12.2 Å². The molecule has 9 heteroatoms. The van der Waals surface area contributed by atoms with E-state index in [9.17, 15) is 18.0 Å². The number of esters is 1. The number of amides is 2. The molecule has 8 nitrogen and oxygen atoms in total. The number of urea groups is 1. The molecule has 0 heterocycles. The van der Waals surface area contributed by atoms with E-state index in [1.807, 2.05) is 39.0 Å². The molecule has 2 amide bonds. The number of carbonyl (C=O) groups is 2. The third-order valence-electron chi connectivity index (χ3n) is 4.95. The van der Waals surface area contributed by atoms with Gasteiger partial charge in [0.25, 0.3) is 0 Å². The number of nitrogens with one attached hydrogen (secondary N) is 3. The second kappa shape index (κ2) is 11.6. The minimum Gasteiger partial charge on any atom is -0.468 e. The summed E-state index contributed by atoms with van der Waals surface area (Å²) in [6, 6.07) is 10.8. The van der Waals surface area contributed by atoms with Crippen LogP contribution in [0, 0.1) is 20.8 Å². The molecular formula is C23H31N3O5S. The van der Waals surface area contributed by atoms with E-state index in [0.29, 0.717) is 19.4 Å². The van der Waals surface area contributed by atoms with Crippen molar-refractivity contribution < 1.29 is 22.7 Å². The van der Waals surface area contributed by atoms with Crippen molar-refractivity contribution in [3.05, 3.63) is 59.2 Å². The van der Waals surface area contributed by atoms with Crippen LogP contribution in [0.15, 0.2) is 47.4 Å². The first-order valence-corrected chi connectivity index (χ1v) is 11.9. The number of unbranched alkanes of at least 4 members (excludes halogenated alkanes) is 1. The van der Waals surface area contributed by atoms with Crippen molar-refractivity contribution >= 4 is 27.7 Å². The molecule has 0 aliphatic carbocycles. The van der Waals surface area contributed by atoms with E-state index in [4.69, 9.17) is 4.74 Å². The topological polar surface area (TPSA) is 114 Å². The summed E-state index contributed by atoms with van der Waals surface area (Å²) in [5, 5.41) is 5.57. The summed E-state index contributed by atoms with van der Waals surface area (Å²) in [7, 11) is -2.64. The van der Waals surface area contributed by atoms with Crippen LogP contribution < -0.4 is 15.4 Å². The minimum atomic E-state index is -3.86. The third kappa shape index (κ3) is 7.65. The fourth-order valence-corrected chi connectivity index (χ4v) is 4.35. The van der Waals surface area contributed by atoms with Gasteiger partial charge in [-0.3, -0.25) is 4.79 Å². The van der Waals surface area contributed by atoms with Crippen molar-refractivity contribution in [2.45, 2.75) is 51.0 Å². The largest absolute Gasteiger partial charge is 0.468 e. The maximum Gasteiger partial charge on any atom is 0.323 e. The average molecular weight is 462 g/mol. The first-order chi connectivity index (χ1) is 15.1. The van der Waals surface area contributed by atoms with Crippen molar-refractivity contribution in [2.75, 3.05) is 19.0 Å². The number of hydrogen-bond acceptors (Lipinski definition) is 5. The molecule has 0 saturated carbocycles. The SMILES string of the molecule is COC(=O)C(CCCCNC(=O)Nc1ccc(C)cc1C)NS(=O)(=O)c1ccc(C)cc1. The molecule has 0 saturated heterocycles. The van der Waals surface area contributed by atoms with Crippen LogP contribution in [0.2, 0.25) is 0 Å². The van der Waals surface area contributed by atoms with E-state index in [1.165, 1.54) is 19.2 Å². The number of ether oxygens (including phenoxy) is 1. The predicted octanol–water partition coefficient (Wildman–Crippen LogP) is 3.42. The van der Waals surface area contributed by atoms with Gasteiger partial charge in [-0.25, -0.2) is 13.2 Å². The Kier molecular flexibility index (Phi) is 9.22. The first kappa shape index (κ1) is 25.4. The van der Waals surface area contributed by atoms with Gasteiger partial charge in [-0.15, -0.1) is 0 Å². The molecule has 32 heavy (non-hydrogen) atoms. The summed E-state index contributed by atoms with van der Waals surface area (Å²) in [5.41, 5.74) is 3.76. The van der Waals surface area contributed by atoms with Gasteiger partial charge in [0.15, 0.2) is 0 Å². The van der Waals surface area contributed by atoms with Gasteiger partial charge in [0.2, 0.25) is 10.0 Å². The smallest absolute Gasteiger partial charge is 0.323 e. The Morgan fingerprint density at radius 3 is 2.25 bits per heavy atom. The third-order valence-corrected chi connectivity index (χ3v) is 6.44. The van der Waals surface area contributed by atoms with Gasteiger partial charge < -0.3 is 15.4 Å². The number of carbonyl (C=O) groups excluding carboxylic acids is 2. The van der Waals surface area contributed by atoms with E-state index >= 15 is 0 Å². The Bertz CT molecular complexity index is 1040. The molecule has 0 bridgehead atoms. The van der Waals surface area contributed by atoms with Crippen LogP contribution in [-0.2, 0) is 19.6 Å². The molecule has 2 aromatic rings. The molecule has 0 radical (unpaired) electrons. The molecule has 0 spiro atoms. The molecule has 0 aromatic heterocycles. The Hall–Kier alpha value is -2.91. The Morgan fingerprint density at radius 1 is 0.969 bits per heavy atom. The molecule has 1 unspecified atom stereocenters. The molecule has 3 N–H and O–H groups in total. The zero-order chi connectivity index (χ0) is 23.7. The van der Waals surface area contributed by atoms with Crippen LogP contribution in [0.5, 0.6) is 0 Å². The highest BCUT2D eigenvalue weighted by atomic mass is 32.2. The fraction of sp³-hybridized carbons (Fsp3) is 0.391. The van der Waals surface area contributed by atoms with Gasteiger partial charge in [0.1, 0.15) is 6.04 Å². The highest BCUT2D eigenvalue weighted by Crippen LogP contribution is 2.16. The van der Waals surface area contributed by atoms with Crippen LogP contribution >= 0.6 is 0 Å². The number of sulfonamides is 1. The number of benzene rings is 2. The van der Waals surface area contributed by atoms with Crippen LogP contribution in [0.25, 0.3) is 0 Å². The summed E-state index contributed by atoms with van der Waals surface area (Å²) in [6.45, 7) is 6.15. The molecule has 1 atom stereocenters. The number of hydrogen-bond donors (Lipinski definition) is 3. The van der Waals surface area contributed by atoms with E-state index in [-0.39, 0.29) is 17.3 Å². The van der Waals surface area contributed by atoms with Crippen molar-refractivity contribution in [1.82, 2.24) is 10.0 Å². The molecule has 0 fully saturated rings. The number of anilines is 1. The molecule has 0 aliphatic rings. The van der Waals surface area contributed by atoms with E-state index < -0.39 is 22.0 Å². The lowest BCUT2D eigenvalue weighted by atomic mass is 10.1. The summed E-state index contributed by atoms with van der Waals surface area (Å²) in [6.07, 6.45) is 1.33. The van der Waals surface area contributed by atoms with Gasteiger partial charge in [0.05, 0.1) is 12.0 Å². The molecule has 2 aromatic carbocycles. The lowest BCUT2D eigenvalue weighted by Crippen LogP contribution is -2.41. The zero-order valence-corrected chi connectivity index (χ0v) is 19.7. The molecule has 2 rings (SSSR count). The summed E-state index contributed by atoms with van der Waals surface area (Å²) >= 11 is 0. The quantitative estimate of drug-likeness (QED) is 0.371. The normalized spacial score (nSPS) is 12.1. The number of rotatable bonds is 10. The fourth-order valence-electron chi connectivity index (χ4n) is 3.14. The number of methoxy groups -OCH3 is 1. The predicted molar refractivity (Wildman–Crippen MR) is 124 cm³/mol. The summed E-state index contributed by atoms with van der Waals surface area (Å²) in [5.74, 6) is -0.652. The standard InChI is InChI=1S/C23H31N3O5S/c1-16-8-11-19(12-9-16)32(29,30)26-21(22(27)31-4)7-5-6-14-24-23(28)25-20-13-10-17(2)15-18(20)3/h8-13,15,21,26H,5-7,14H2,1-4H3,(H2,24,25,28).